The number of likely N-dealkylation sites (tertiary alicyclic amines) is 1. The molecular formula is C8H22N2. The van der Waals surface area contributed by atoms with Crippen molar-refractivity contribution in [3.63, 3.8) is 0 Å². The first-order valence-electron chi connectivity index (χ1n) is 4.23. The number of hydrogen-bond donors (Lipinski definition) is 1. The Hall–Kier alpha value is -0.0800. The molecule has 0 bridgehead atoms. The second-order valence-electron chi connectivity index (χ2n) is 2.66. The van der Waals surface area contributed by atoms with Crippen LogP contribution in [0.2, 0.25) is 0 Å². The average Bonchev–Trinajstić information content (AvgIpc) is 1.91. The van der Waals surface area contributed by atoms with Gasteiger partial charge in [0.15, 0.2) is 0 Å². The molecule has 1 aliphatic heterocycles. The summed E-state index contributed by atoms with van der Waals surface area (Å²) < 4.78 is 0. The zero-order valence-electron chi connectivity index (χ0n) is 7.43. The van der Waals surface area contributed by atoms with E-state index in [0.29, 0.717) is 6.04 Å². The first-order valence-corrected chi connectivity index (χ1v) is 4.23. The van der Waals surface area contributed by atoms with Crippen LogP contribution in [0.1, 0.15) is 28.1 Å². The van der Waals surface area contributed by atoms with Crippen molar-refractivity contribution in [1.29, 1.82) is 0 Å². The molecule has 0 aromatic carbocycles. The van der Waals surface area contributed by atoms with Crippen molar-refractivity contribution in [2.75, 3.05) is 20.1 Å². The van der Waals surface area contributed by atoms with Crippen LogP contribution in [0.5, 0.6) is 0 Å². The molecule has 0 aromatic heterocycles. The van der Waals surface area contributed by atoms with Crippen LogP contribution in [0.15, 0.2) is 0 Å². The molecule has 0 aromatic rings. The minimum absolute atomic E-state index is 0. The lowest BCUT2D eigenvalue weighted by molar-refractivity contribution is 0.252. The standard InChI is InChI=1S/C6H14N2.C2H6.H2/c1-8-4-2-3-6(7)5-8;1-2;/h6H,2-5,7H2,1H3;1-2H3;1H/t6-;;/m0../s1. The van der Waals surface area contributed by atoms with Gasteiger partial charge in [0.05, 0.1) is 0 Å². The maximum absolute atomic E-state index is 5.68. The molecule has 1 heterocycles. The minimum Gasteiger partial charge on any atom is -0.327 e. The lowest BCUT2D eigenvalue weighted by Gasteiger charge is -2.26. The number of nitrogens with two attached hydrogens (primary N) is 1. The van der Waals surface area contributed by atoms with Gasteiger partial charge in [0.1, 0.15) is 0 Å². The van der Waals surface area contributed by atoms with E-state index in [1.807, 2.05) is 13.8 Å². The zero-order valence-corrected chi connectivity index (χ0v) is 7.43. The number of likely N-dealkylation sites (N-methyl/N-ethyl adjacent to an activating group) is 1. The van der Waals surface area contributed by atoms with Gasteiger partial charge in [-0.2, -0.15) is 0 Å². The fraction of sp³-hybridized carbons (Fsp3) is 1.00. The number of nitrogens with zero attached hydrogens (tertiary/aromatic N) is 1. The molecule has 64 valence electrons. The highest BCUT2D eigenvalue weighted by Gasteiger charge is 2.11. The van der Waals surface area contributed by atoms with Gasteiger partial charge in [-0.15, -0.1) is 0 Å². The third kappa shape index (κ3) is 3.85. The molecule has 2 nitrogen and oxygen atoms in total. The van der Waals surface area contributed by atoms with Crippen LogP contribution >= 0.6 is 0 Å². The Morgan fingerprint density at radius 3 is 2.40 bits per heavy atom. The molecule has 2 N–H and O–H groups in total. The Labute approximate surface area is 65.9 Å². The molecule has 0 unspecified atom stereocenters. The highest BCUT2D eigenvalue weighted by molar-refractivity contribution is 4.71. The van der Waals surface area contributed by atoms with Gasteiger partial charge in [0, 0.05) is 14.0 Å². The summed E-state index contributed by atoms with van der Waals surface area (Å²) in [7, 11) is 2.12. The smallest absolute Gasteiger partial charge is 0.0168 e. The number of rotatable bonds is 0. The van der Waals surface area contributed by atoms with Crippen molar-refractivity contribution in [2.24, 2.45) is 5.73 Å². The van der Waals surface area contributed by atoms with Crippen molar-refractivity contribution in [3.05, 3.63) is 0 Å². The van der Waals surface area contributed by atoms with Gasteiger partial charge in [-0.3, -0.25) is 0 Å². The fourth-order valence-corrected chi connectivity index (χ4v) is 1.21. The summed E-state index contributed by atoms with van der Waals surface area (Å²) in [5.41, 5.74) is 5.68. The van der Waals surface area contributed by atoms with E-state index in [4.69, 9.17) is 5.73 Å². The van der Waals surface area contributed by atoms with Crippen LogP contribution in [-0.2, 0) is 0 Å². The van der Waals surface area contributed by atoms with E-state index in [1.54, 1.807) is 0 Å². The van der Waals surface area contributed by atoms with E-state index in [9.17, 15) is 0 Å². The van der Waals surface area contributed by atoms with Crippen LogP contribution in [0, 0.1) is 0 Å². The van der Waals surface area contributed by atoms with Crippen LogP contribution in [-0.4, -0.2) is 31.1 Å². The Morgan fingerprint density at radius 2 is 2.10 bits per heavy atom. The molecule has 0 amide bonds. The van der Waals surface area contributed by atoms with Gasteiger partial charge in [0.25, 0.3) is 0 Å². The monoisotopic (exact) mass is 146 g/mol. The number of piperidine rings is 1. The largest absolute Gasteiger partial charge is 0.327 e. The molecule has 2 heteroatoms. The van der Waals surface area contributed by atoms with Gasteiger partial charge in [-0.25, -0.2) is 0 Å². The summed E-state index contributed by atoms with van der Waals surface area (Å²) in [6, 6.07) is 0.439. The van der Waals surface area contributed by atoms with Crippen molar-refractivity contribution < 1.29 is 1.43 Å². The first kappa shape index (κ1) is 9.92. The van der Waals surface area contributed by atoms with E-state index in [1.165, 1.54) is 19.4 Å². The van der Waals surface area contributed by atoms with E-state index in [0.717, 1.165) is 6.54 Å². The molecule has 1 atom stereocenters. The molecule has 1 saturated heterocycles. The van der Waals surface area contributed by atoms with Crippen LogP contribution in [0.3, 0.4) is 0 Å². The van der Waals surface area contributed by atoms with Gasteiger partial charge < -0.3 is 10.6 Å². The molecule has 0 spiro atoms. The SMILES string of the molecule is CC.CN1CCC[C@H](N)C1.[HH]. The summed E-state index contributed by atoms with van der Waals surface area (Å²) in [6.45, 7) is 6.31. The summed E-state index contributed by atoms with van der Waals surface area (Å²) >= 11 is 0. The molecule has 0 aliphatic carbocycles. The third-order valence-electron chi connectivity index (χ3n) is 1.66. The third-order valence-corrected chi connectivity index (χ3v) is 1.66. The van der Waals surface area contributed by atoms with Gasteiger partial charge in [-0.05, 0) is 26.4 Å². The molecule has 1 fully saturated rings. The normalized spacial score (nSPS) is 27.0. The number of hydrogen-bond acceptors (Lipinski definition) is 2. The maximum Gasteiger partial charge on any atom is 0.0168 e. The van der Waals surface area contributed by atoms with Crippen LogP contribution < -0.4 is 5.73 Å². The molecular weight excluding hydrogens is 124 g/mol. The Bertz CT molecular complexity index is 70.5. The summed E-state index contributed by atoms with van der Waals surface area (Å²) in [5.74, 6) is 0. The topological polar surface area (TPSA) is 29.3 Å². The Balaban J connectivity index is 0. The van der Waals surface area contributed by atoms with Gasteiger partial charge in [0.2, 0.25) is 0 Å². The molecule has 10 heavy (non-hydrogen) atoms. The van der Waals surface area contributed by atoms with E-state index >= 15 is 0 Å². The first-order chi connectivity index (χ1) is 4.79. The van der Waals surface area contributed by atoms with Crippen molar-refractivity contribution in [1.82, 2.24) is 4.90 Å². The molecule has 0 radical (unpaired) electrons. The fourth-order valence-electron chi connectivity index (χ4n) is 1.21. The highest BCUT2D eigenvalue weighted by atomic mass is 15.1. The Morgan fingerprint density at radius 1 is 1.50 bits per heavy atom. The summed E-state index contributed by atoms with van der Waals surface area (Å²) in [5, 5.41) is 0. The second-order valence-corrected chi connectivity index (χ2v) is 2.66. The quantitative estimate of drug-likeness (QED) is 0.558. The highest BCUT2D eigenvalue weighted by Crippen LogP contribution is 2.04. The lowest BCUT2D eigenvalue weighted by atomic mass is 10.1. The van der Waals surface area contributed by atoms with Gasteiger partial charge in [-0.1, -0.05) is 13.8 Å². The van der Waals surface area contributed by atoms with E-state index in [2.05, 4.69) is 11.9 Å². The molecule has 1 aliphatic rings. The average molecular weight is 146 g/mol. The molecule has 0 saturated carbocycles. The zero-order chi connectivity index (χ0) is 7.98. The predicted octanol–water partition coefficient (Wildman–Crippen LogP) is 1.31. The van der Waals surface area contributed by atoms with E-state index < -0.39 is 0 Å². The van der Waals surface area contributed by atoms with E-state index in [-0.39, 0.29) is 1.43 Å². The maximum atomic E-state index is 5.68. The second kappa shape index (κ2) is 5.69. The van der Waals surface area contributed by atoms with Gasteiger partial charge >= 0.3 is 0 Å². The predicted molar refractivity (Wildman–Crippen MR) is 48.2 cm³/mol. The van der Waals surface area contributed by atoms with Crippen LogP contribution in [0.25, 0.3) is 0 Å². The summed E-state index contributed by atoms with van der Waals surface area (Å²) in [4.78, 5) is 2.29. The summed E-state index contributed by atoms with van der Waals surface area (Å²) in [6.07, 6.45) is 2.49. The molecule has 1 rings (SSSR count). The minimum atomic E-state index is 0. The lowest BCUT2D eigenvalue weighted by Crippen LogP contribution is -2.40. The van der Waals surface area contributed by atoms with Crippen molar-refractivity contribution in [3.8, 4) is 0 Å². The van der Waals surface area contributed by atoms with Crippen molar-refractivity contribution in [2.45, 2.75) is 32.7 Å². The Kier molecular flexibility index (Phi) is 5.64. The van der Waals surface area contributed by atoms with Crippen molar-refractivity contribution >= 4 is 0 Å². The van der Waals surface area contributed by atoms with Crippen LogP contribution in [0.4, 0.5) is 0 Å².